The maximum absolute atomic E-state index is 13.9. The van der Waals surface area contributed by atoms with Crippen LogP contribution >= 0.6 is 0 Å². The fraction of sp³-hybridized carbons (Fsp3) is 0.636. The number of nitrogens with zero attached hydrogens (tertiary/aromatic N) is 3. The van der Waals surface area contributed by atoms with Gasteiger partial charge in [-0.1, -0.05) is 0 Å². The summed E-state index contributed by atoms with van der Waals surface area (Å²) in [6.07, 6.45) is 0.485. The van der Waals surface area contributed by atoms with Gasteiger partial charge in [0.2, 0.25) is 15.8 Å². The Morgan fingerprint density at radius 3 is 2.45 bits per heavy atom. The summed E-state index contributed by atoms with van der Waals surface area (Å²) in [5.74, 6) is 0.103. The number of rotatable bonds is 3. The van der Waals surface area contributed by atoms with Crippen LogP contribution in [0.25, 0.3) is 0 Å². The molecule has 1 saturated heterocycles. The van der Waals surface area contributed by atoms with E-state index in [-0.39, 0.29) is 5.95 Å². The number of hydrogen-bond donors (Lipinski definition) is 0. The first-order chi connectivity index (χ1) is 9.22. The van der Waals surface area contributed by atoms with Crippen LogP contribution in [0.15, 0.2) is 6.07 Å². The predicted octanol–water partition coefficient (Wildman–Crippen LogP) is 0.716. The van der Waals surface area contributed by atoms with Gasteiger partial charge >= 0.3 is 5.25 Å². The van der Waals surface area contributed by atoms with E-state index in [0.717, 1.165) is 6.07 Å². The van der Waals surface area contributed by atoms with Gasteiger partial charge in [0.1, 0.15) is 5.69 Å². The molecule has 0 unspecified atom stereocenters. The Hall–Kier alpha value is -1.35. The van der Waals surface area contributed by atoms with Gasteiger partial charge in [-0.15, -0.1) is 0 Å². The highest BCUT2D eigenvalue weighted by Gasteiger charge is 2.45. The smallest absolute Gasteiger partial charge is 0.378 e. The molecule has 0 N–H and O–H groups in total. The second-order valence-electron chi connectivity index (χ2n) is 4.58. The minimum absolute atomic E-state index is 0.103. The molecule has 0 spiro atoms. The summed E-state index contributed by atoms with van der Waals surface area (Å²) in [4.78, 5) is 9.50. The largest absolute Gasteiger partial charge is 0.386 e. The van der Waals surface area contributed by atoms with Crippen LogP contribution in [-0.2, 0) is 19.8 Å². The van der Waals surface area contributed by atoms with Crippen molar-refractivity contribution in [2.24, 2.45) is 0 Å². The Balaban J connectivity index is 2.43. The van der Waals surface area contributed by atoms with Crippen LogP contribution in [0.5, 0.6) is 0 Å². The molecule has 0 saturated carbocycles. The van der Waals surface area contributed by atoms with Gasteiger partial charge in [-0.25, -0.2) is 18.4 Å². The standard InChI is InChI=1S/C11H15F2N3O3S/c1-8-7-9(11(12,13)20(2,17)18)15-10(14-8)16-3-5-19-6-4-16/h7H,3-6H2,1-2H3. The summed E-state index contributed by atoms with van der Waals surface area (Å²) < 4.78 is 55.3. The van der Waals surface area contributed by atoms with Crippen LogP contribution in [0.4, 0.5) is 14.7 Å². The average molecular weight is 307 g/mol. The fourth-order valence-corrected chi connectivity index (χ4v) is 2.28. The third-order valence-electron chi connectivity index (χ3n) is 2.90. The van der Waals surface area contributed by atoms with Gasteiger partial charge < -0.3 is 9.64 Å². The molecule has 2 rings (SSSR count). The highest BCUT2D eigenvalue weighted by atomic mass is 32.2. The maximum atomic E-state index is 13.9. The topological polar surface area (TPSA) is 72.4 Å². The lowest BCUT2D eigenvalue weighted by atomic mass is 10.3. The van der Waals surface area contributed by atoms with Crippen molar-refractivity contribution in [2.75, 3.05) is 37.5 Å². The second-order valence-corrected chi connectivity index (χ2v) is 6.64. The van der Waals surface area contributed by atoms with Crippen LogP contribution < -0.4 is 4.90 Å². The molecule has 0 amide bonds. The first-order valence-electron chi connectivity index (χ1n) is 5.98. The third kappa shape index (κ3) is 2.88. The molecule has 112 valence electrons. The van der Waals surface area contributed by atoms with Gasteiger partial charge in [0.15, 0.2) is 0 Å². The lowest BCUT2D eigenvalue weighted by molar-refractivity contribution is 0.0861. The van der Waals surface area contributed by atoms with Crippen LogP contribution in [0.3, 0.4) is 0 Å². The molecule has 0 atom stereocenters. The van der Waals surface area contributed by atoms with Crippen molar-refractivity contribution in [1.82, 2.24) is 9.97 Å². The lowest BCUT2D eigenvalue weighted by Gasteiger charge is -2.27. The number of morpholine rings is 1. The van der Waals surface area contributed by atoms with E-state index in [0.29, 0.717) is 38.3 Å². The summed E-state index contributed by atoms with van der Waals surface area (Å²) in [5.41, 5.74) is -0.506. The van der Waals surface area contributed by atoms with E-state index in [1.807, 2.05) is 0 Å². The maximum Gasteiger partial charge on any atom is 0.386 e. The quantitative estimate of drug-likeness (QED) is 0.819. The zero-order chi connectivity index (χ0) is 15.0. The summed E-state index contributed by atoms with van der Waals surface area (Å²) in [7, 11) is -4.59. The Kier molecular flexibility index (Phi) is 3.92. The Labute approximate surface area is 115 Å². The highest BCUT2D eigenvalue weighted by Crippen LogP contribution is 2.33. The van der Waals surface area contributed by atoms with E-state index < -0.39 is 20.8 Å². The molecule has 0 bridgehead atoms. The molecule has 2 heterocycles. The molecule has 1 fully saturated rings. The van der Waals surface area contributed by atoms with Crippen molar-refractivity contribution in [2.45, 2.75) is 12.2 Å². The second kappa shape index (κ2) is 5.21. The summed E-state index contributed by atoms with van der Waals surface area (Å²) >= 11 is 0. The van der Waals surface area contributed by atoms with E-state index in [1.54, 1.807) is 4.90 Å². The molecule has 20 heavy (non-hydrogen) atoms. The van der Waals surface area contributed by atoms with Gasteiger partial charge in [-0.05, 0) is 13.0 Å². The van der Waals surface area contributed by atoms with Crippen molar-refractivity contribution < 1.29 is 21.9 Å². The minimum Gasteiger partial charge on any atom is -0.378 e. The minimum atomic E-state index is -4.59. The number of aryl methyl sites for hydroxylation is 1. The van der Waals surface area contributed by atoms with E-state index in [9.17, 15) is 17.2 Å². The van der Waals surface area contributed by atoms with Crippen molar-refractivity contribution in [1.29, 1.82) is 0 Å². The first-order valence-corrected chi connectivity index (χ1v) is 7.87. The molecule has 6 nitrogen and oxygen atoms in total. The van der Waals surface area contributed by atoms with Gasteiger partial charge in [0.25, 0.3) is 0 Å². The molecule has 1 aliphatic rings. The summed E-state index contributed by atoms with van der Waals surface area (Å²) in [6, 6.07) is 0.991. The van der Waals surface area contributed by atoms with Gasteiger partial charge in [-0.2, -0.15) is 8.78 Å². The molecule has 9 heteroatoms. The summed E-state index contributed by atoms with van der Waals surface area (Å²) in [5, 5.41) is -4.03. The van der Waals surface area contributed by atoms with Crippen molar-refractivity contribution in [3.63, 3.8) is 0 Å². The molecule has 0 aliphatic carbocycles. The van der Waals surface area contributed by atoms with Crippen LogP contribution in [-0.4, -0.2) is 50.9 Å². The lowest BCUT2D eigenvalue weighted by Crippen LogP contribution is -2.38. The molecular formula is C11H15F2N3O3S. The third-order valence-corrected chi connectivity index (χ3v) is 4.04. The SMILES string of the molecule is Cc1cc(C(F)(F)S(C)(=O)=O)nc(N2CCOCC2)n1. The normalized spacial score (nSPS) is 17.3. The van der Waals surface area contributed by atoms with Gasteiger partial charge in [0, 0.05) is 25.0 Å². The van der Waals surface area contributed by atoms with E-state index >= 15 is 0 Å². The Bertz CT molecular complexity index is 601. The number of hydrogen-bond acceptors (Lipinski definition) is 6. The zero-order valence-electron chi connectivity index (χ0n) is 11.1. The Morgan fingerprint density at radius 1 is 1.30 bits per heavy atom. The van der Waals surface area contributed by atoms with Crippen LogP contribution in [0.2, 0.25) is 0 Å². The molecule has 1 aliphatic heterocycles. The number of ether oxygens (including phenoxy) is 1. The van der Waals surface area contributed by atoms with Crippen molar-refractivity contribution in [3.05, 3.63) is 17.5 Å². The molecule has 0 radical (unpaired) electrons. The van der Waals surface area contributed by atoms with Gasteiger partial charge in [0.05, 0.1) is 13.2 Å². The Morgan fingerprint density at radius 2 is 1.90 bits per heavy atom. The van der Waals surface area contributed by atoms with Crippen molar-refractivity contribution >= 4 is 15.8 Å². The number of alkyl halides is 2. The molecule has 1 aromatic heterocycles. The number of sulfone groups is 1. The van der Waals surface area contributed by atoms with E-state index in [2.05, 4.69) is 9.97 Å². The van der Waals surface area contributed by atoms with Crippen molar-refractivity contribution in [3.8, 4) is 0 Å². The van der Waals surface area contributed by atoms with Gasteiger partial charge in [-0.3, -0.25) is 0 Å². The average Bonchev–Trinajstić information content (AvgIpc) is 2.37. The number of anilines is 1. The van der Waals surface area contributed by atoms with E-state index in [4.69, 9.17) is 4.74 Å². The first kappa shape index (κ1) is 15.0. The molecular weight excluding hydrogens is 292 g/mol. The molecule has 1 aromatic rings. The monoisotopic (exact) mass is 307 g/mol. The predicted molar refractivity (Wildman–Crippen MR) is 68.5 cm³/mol. The zero-order valence-corrected chi connectivity index (χ0v) is 12.0. The summed E-state index contributed by atoms with van der Waals surface area (Å²) in [6.45, 7) is 3.39. The van der Waals surface area contributed by atoms with Crippen LogP contribution in [0.1, 0.15) is 11.4 Å². The number of halogens is 2. The van der Waals surface area contributed by atoms with Crippen LogP contribution in [0, 0.1) is 6.92 Å². The fourth-order valence-electron chi connectivity index (χ4n) is 1.80. The number of aromatic nitrogens is 2. The highest BCUT2D eigenvalue weighted by molar-refractivity contribution is 7.91. The molecule has 0 aromatic carbocycles. The van der Waals surface area contributed by atoms with E-state index in [1.165, 1.54) is 6.92 Å².